The van der Waals surface area contributed by atoms with Crippen molar-refractivity contribution in [2.45, 2.75) is 58.1 Å². The minimum atomic E-state index is -0.439. The molecule has 0 spiro atoms. The lowest BCUT2D eigenvalue weighted by Crippen LogP contribution is -2.32. The van der Waals surface area contributed by atoms with E-state index in [1.807, 2.05) is 6.07 Å². The molecule has 1 fully saturated rings. The fourth-order valence-electron chi connectivity index (χ4n) is 5.55. The van der Waals surface area contributed by atoms with Crippen molar-refractivity contribution in [3.05, 3.63) is 51.4 Å². The van der Waals surface area contributed by atoms with Gasteiger partial charge in [-0.25, -0.2) is 4.79 Å². The Kier molecular flexibility index (Phi) is 7.00. The summed E-state index contributed by atoms with van der Waals surface area (Å²) in [5.74, 6) is 1.96. The molecule has 0 amide bonds. The molecule has 8 heteroatoms. The van der Waals surface area contributed by atoms with Crippen molar-refractivity contribution in [2.24, 2.45) is 5.92 Å². The maximum atomic E-state index is 13.0. The van der Waals surface area contributed by atoms with Crippen LogP contribution in [-0.4, -0.2) is 55.1 Å². The molecule has 1 aliphatic carbocycles. The van der Waals surface area contributed by atoms with Gasteiger partial charge < -0.3 is 28.4 Å². The van der Waals surface area contributed by atoms with E-state index < -0.39 is 5.97 Å². The number of aromatic nitrogens is 1. The zero-order valence-electron chi connectivity index (χ0n) is 20.6. The fourth-order valence-corrected chi connectivity index (χ4v) is 5.55. The molecule has 2 aliphatic heterocycles. The number of rotatable bonds is 7. The van der Waals surface area contributed by atoms with Crippen LogP contribution in [0.15, 0.2) is 29.1 Å². The van der Waals surface area contributed by atoms with Gasteiger partial charge in [0, 0.05) is 44.4 Å². The van der Waals surface area contributed by atoms with Gasteiger partial charge in [-0.15, -0.1) is 0 Å². The molecule has 1 atom stereocenters. The van der Waals surface area contributed by atoms with Crippen molar-refractivity contribution >= 4 is 5.97 Å². The number of pyridine rings is 1. The van der Waals surface area contributed by atoms with Crippen molar-refractivity contribution in [3.8, 4) is 17.2 Å². The van der Waals surface area contributed by atoms with Crippen molar-refractivity contribution in [3.63, 3.8) is 0 Å². The van der Waals surface area contributed by atoms with E-state index in [9.17, 15) is 9.59 Å². The molecule has 0 N–H and O–H groups in total. The van der Waals surface area contributed by atoms with E-state index in [0.717, 1.165) is 68.9 Å². The lowest BCUT2D eigenvalue weighted by atomic mass is 10.00. The van der Waals surface area contributed by atoms with Gasteiger partial charge >= 0.3 is 5.97 Å². The predicted octanol–water partition coefficient (Wildman–Crippen LogP) is 3.42. The van der Waals surface area contributed by atoms with Gasteiger partial charge in [0.05, 0.1) is 13.2 Å². The fraction of sp³-hybridized carbons (Fsp3) is 0.556. The molecule has 35 heavy (non-hydrogen) atoms. The smallest absolute Gasteiger partial charge is 0.343 e. The van der Waals surface area contributed by atoms with Gasteiger partial charge in [-0.2, -0.15) is 0 Å². The molecule has 1 aromatic carbocycles. The number of esters is 1. The minimum absolute atomic E-state index is 0.0557. The molecule has 8 nitrogen and oxygen atoms in total. The minimum Gasteiger partial charge on any atom is -0.489 e. The number of hydrogen-bond acceptors (Lipinski definition) is 7. The Balaban J connectivity index is 1.30. The summed E-state index contributed by atoms with van der Waals surface area (Å²) >= 11 is 0. The Labute approximate surface area is 205 Å². The van der Waals surface area contributed by atoms with Crippen LogP contribution < -0.4 is 19.8 Å². The molecule has 5 rings (SSSR count). The first kappa shape index (κ1) is 23.7. The van der Waals surface area contributed by atoms with Gasteiger partial charge in [0.2, 0.25) is 6.79 Å². The Bertz CT molecular complexity index is 1140. The monoisotopic (exact) mass is 482 g/mol. The standard InChI is InChI=1S/C27H34N2O6/c1-18(13-19-7-8-22-23(14-19)34-17-33-22)16-28-10-9-21-26(27(31)32-2)24(35-20-5-3-4-6-20)15-25(30)29(21)12-11-28/h7-8,14-15,18,20H,3-6,9-13,16-17H2,1-2H3/t18-/m0/s1. The van der Waals surface area contributed by atoms with Gasteiger partial charge in [-0.3, -0.25) is 4.79 Å². The zero-order chi connectivity index (χ0) is 24.4. The first-order valence-electron chi connectivity index (χ1n) is 12.6. The molecular formula is C27H34N2O6. The number of carbonyl (C=O) groups excluding carboxylic acids is 1. The van der Waals surface area contributed by atoms with Crippen molar-refractivity contribution in [2.75, 3.05) is 33.5 Å². The average Bonchev–Trinajstić information content (AvgIpc) is 3.48. The Morgan fingerprint density at radius 2 is 1.91 bits per heavy atom. The van der Waals surface area contributed by atoms with Gasteiger partial charge in [-0.05, 0) is 55.7 Å². The third-order valence-corrected chi connectivity index (χ3v) is 7.26. The van der Waals surface area contributed by atoms with Gasteiger partial charge in [-0.1, -0.05) is 13.0 Å². The quantitative estimate of drug-likeness (QED) is 0.560. The number of methoxy groups -OCH3 is 1. The van der Waals surface area contributed by atoms with Crippen LogP contribution in [0.4, 0.5) is 0 Å². The number of hydrogen-bond donors (Lipinski definition) is 0. The summed E-state index contributed by atoms with van der Waals surface area (Å²) in [6.07, 6.45) is 5.70. The second kappa shape index (κ2) is 10.3. The van der Waals surface area contributed by atoms with Crippen LogP contribution >= 0.6 is 0 Å². The maximum absolute atomic E-state index is 13.0. The van der Waals surface area contributed by atoms with Crippen LogP contribution in [-0.2, 0) is 24.1 Å². The Morgan fingerprint density at radius 3 is 2.71 bits per heavy atom. The topological polar surface area (TPSA) is 79.2 Å². The molecule has 0 radical (unpaired) electrons. The highest BCUT2D eigenvalue weighted by molar-refractivity contribution is 5.93. The second-order valence-electron chi connectivity index (χ2n) is 9.88. The van der Waals surface area contributed by atoms with Crippen LogP contribution in [0.2, 0.25) is 0 Å². The SMILES string of the molecule is COC(=O)c1c(OC2CCCC2)cc(=O)n2c1CCN(C[C@@H](C)Cc1ccc3c(c1)OCO3)CC2. The average molecular weight is 483 g/mol. The molecule has 0 bridgehead atoms. The summed E-state index contributed by atoms with van der Waals surface area (Å²) in [5.41, 5.74) is 2.24. The van der Waals surface area contributed by atoms with Crippen molar-refractivity contribution in [1.82, 2.24) is 9.47 Å². The molecule has 0 unspecified atom stereocenters. The van der Waals surface area contributed by atoms with Crippen LogP contribution in [0.1, 0.15) is 54.2 Å². The molecule has 188 valence electrons. The lowest BCUT2D eigenvalue weighted by Gasteiger charge is -2.23. The van der Waals surface area contributed by atoms with Crippen LogP contribution in [0.25, 0.3) is 0 Å². The number of benzene rings is 1. The second-order valence-corrected chi connectivity index (χ2v) is 9.88. The first-order chi connectivity index (χ1) is 17.0. The summed E-state index contributed by atoms with van der Waals surface area (Å²) in [6, 6.07) is 7.60. The number of carbonyl (C=O) groups is 1. The highest BCUT2D eigenvalue weighted by Gasteiger charge is 2.28. The third kappa shape index (κ3) is 5.17. The van der Waals surface area contributed by atoms with Gasteiger partial charge in [0.15, 0.2) is 11.5 Å². The lowest BCUT2D eigenvalue weighted by molar-refractivity contribution is 0.0590. The number of fused-ring (bicyclic) bond motifs is 2. The first-order valence-corrected chi connectivity index (χ1v) is 12.6. The highest BCUT2D eigenvalue weighted by atomic mass is 16.7. The molecule has 1 saturated carbocycles. The maximum Gasteiger partial charge on any atom is 0.343 e. The van der Waals surface area contributed by atoms with E-state index in [2.05, 4.69) is 24.0 Å². The summed E-state index contributed by atoms with van der Waals surface area (Å²) in [5, 5.41) is 0. The van der Waals surface area contributed by atoms with E-state index in [1.165, 1.54) is 18.7 Å². The van der Waals surface area contributed by atoms with Crippen LogP contribution in [0, 0.1) is 5.92 Å². The molecule has 2 aromatic rings. The summed E-state index contributed by atoms with van der Waals surface area (Å²) in [7, 11) is 1.38. The molecule has 0 saturated heterocycles. The highest BCUT2D eigenvalue weighted by Crippen LogP contribution is 2.33. The summed E-state index contributed by atoms with van der Waals surface area (Å²) in [4.78, 5) is 28.2. The van der Waals surface area contributed by atoms with Crippen molar-refractivity contribution < 1.29 is 23.7 Å². The van der Waals surface area contributed by atoms with Crippen LogP contribution in [0.5, 0.6) is 17.2 Å². The van der Waals surface area contributed by atoms with Crippen LogP contribution in [0.3, 0.4) is 0 Å². The Hall–Kier alpha value is -3.00. The van der Waals surface area contributed by atoms with Gasteiger partial charge in [0.1, 0.15) is 11.3 Å². The van der Waals surface area contributed by atoms with E-state index >= 15 is 0 Å². The molecule has 3 heterocycles. The van der Waals surface area contributed by atoms with Crippen molar-refractivity contribution in [1.29, 1.82) is 0 Å². The molecule has 1 aromatic heterocycles. The van der Waals surface area contributed by atoms with E-state index in [4.69, 9.17) is 18.9 Å². The normalized spacial score (nSPS) is 18.7. The molecule has 3 aliphatic rings. The number of ether oxygens (including phenoxy) is 4. The third-order valence-electron chi connectivity index (χ3n) is 7.26. The van der Waals surface area contributed by atoms with E-state index in [-0.39, 0.29) is 18.5 Å². The summed E-state index contributed by atoms with van der Waals surface area (Å²) < 4.78 is 23.9. The zero-order valence-corrected chi connectivity index (χ0v) is 20.6. The van der Waals surface area contributed by atoms with E-state index in [1.54, 1.807) is 4.57 Å². The van der Waals surface area contributed by atoms with E-state index in [0.29, 0.717) is 30.2 Å². The summed E-state index contributed by atoms with van der Waals surface area (Å²) in [6.45, 7) is 5.48. The Morgan fingerprint density at radius 1 is 1.11 bits per heavy atom. The largest absolute Gasteiger partial charge is 0.489 e. The van der Waals surface area contributed by atoms with Gasteiger partial charge in [0.25, 0.3) is 5.56 Å². The molecular weight excluding hydrogens is 448 g/mol. The number of nitrogens with zero attached hydrogens (tertiary/aromatic N) is 2. The predicted molar refractivity (Wildman–Crippen MR) is 131 cm³/mol.